The summed E-state index contributed by atoms with van der Waals surface area (Å²) >= 11 is 0. The molecule has 1 atom stereocenters. The Hall–Kier alpha value is -1.10. The van der Waals surface area contributed by atoms with E-state index in [1.807, 2.05) is 13.8 Å². The Balaban J connectivity index is 3.68. The predicted molar refractivity (Wildman–Crippen MR) is 59.2 cm³/mol. The van der Waals surface area contributed by atoms with Crippen molar-refractivity contribution in [2.24, 2.45) is 5.73 Å². The molecular weight excluding hydrogens is 194 g/mol. The first kappa shape index (κ1) is 13.9. The highest BCUT2D eigenvalue weighted by Gasteiger charge is 2.12. The van der Waals surface area contributed by atoms with Crippen LogP contribution in [0.4, 0.5) is 0 Å². The zero-order valence-corrected chi connectivity index (χ0v) is 9.51. The topological polar surface area (TPSA) is 84.2 Å². The molecule has 0 aliphatic rings. The van der Waals surface area contributed by atoms with Gasteiger partial charge in [-0.25, -0.2) is 0 Å². The first-order valence-corrected chi connectivity index (χ1v) is 5.41. The Morgan fingerprint density at radius 2 is 1.93 bits per heavy atom. The minimum absolute atomic E-state index is 0.00645. The fourth-order valence-corrected chi connectivity index (χ4v) is 1.11. The Kier molecular flexibility index (Phi) is 7.62. The van der Waals surface area contributed by atoms with Gasteiger partial charge in [0, 0.05) is 6.54 Å². The average molecular weight is 215 g/mol. The van der Waals surface area contributed by atoms with Gasteiger partial charge in [-0.15, -0.1) is 0 Å². The summed E-state index contributed by atoms with van der Waals surface area (Å²) in [6.07, 6.45) is 2.60. The van der Waals surface area contributed by atoms with Crippen molar-refractivity contribution >= 4 is 11.8 Å². The van der Waals surface area contributed by atoms with Gasteiger partial charge in [-0.05, 0) is 13.3 Å². The molecule has 0 rings (SSSR count). The second kappa shape index (κ2) is 8.23. The van der Waals surface area contributed by atoms with Gasteiger partial charge >= 0.3 is 0 Å². The number of carbonyl (C=O) groups is 2. The molecule has 4 N–H and O–H groups in total. The third kappa shape index (κ3) is 6.90. The molecule has 0 aromatic heterocycles. The van der Waals surface area contributed by atoms with Crippen LogP contribution in [0, 0.1) is 0 Å². The van der Waals surface area contributed by atoms with E-state index in [2.05, 4.69) is 10.6 Å². The molecule has 5 nitrogen and oxygen atoms in total. The first-order valence-electron chi connectivity index (χ1n) is 5.41. The highest BCUT2D eigenvalue weighted by molar-refractivity contribution is 5.87. The lowest BCUT2D eigenvalue weighted by molar-refractivity contribution is -0.126. The van der Waals surface area contributed by atoms with E-state index in [-0.39, 0.29) is 18.4 Å². The van der Waals surface area contributed by atoms with Crippen LogP contribution in [0.3, 0.4) is 0 Å². The first-order chi connectivity index (χ1) is 7.11. The lowest BCUT2D eigenvalue weighted by Crippen LogP contribution is -2.44. The molecule has 0 aromatic carbocycles. The molecule has 0 heterocycles. The number of hydrogen-bond donors (Lipinski definition) is 3. The molecule has 2 amide bonds. The van der Waals surface area contributed by atoms with Crippen LogP contribution in [0.15, 0.2) is 0 Å². The summed E-state index contributed by atoms with van der Waals surface area (Å²) in [5.74, 6) is -0.441. The van der Waals surface area contributed by atoms with E-state index in [0.717, 1.165) is 12.8 Å². The minimum Gasteiger partial charge on any atom is -0.355 e. The largest absolute Gasteiger partial charge is 0.355 e. The van der Waals surface area contributed by atoms with Crippen LogP contribution in [0.1, 0.15) is 33.1 Å². The zero-order valence-electron chi connectivity index (χ0n) is 9.51. The van der Waals surface area contributed by atoms with Gasteiger partial charge in [-0.3, -0.25) is 9.59 Å². The van der Waals surface area contributed by atoms with Gasteiger partial charge in [0.15, 0.2) is 0 Å². The number of nitrogens with one attached hydrogen (secondary N) is 2. The van der Waals surface area contributed by atoms with Crippen molar-refractivity contribution in [3.63, 3.8) is 0 Å². The number of unbranched alkanes of at least 4 members (excludes halogenated alkanes) is 1. The van der Waals surface area contributed by atoms with Crippen molar-refractivity contribution < 1.29 is 9.59 Å². The predicted octanol–water partition coefficient (Wildman–Crippen LogP) is -0.244. The van der Waals surface area contributed by atoms with Gasteiger partial charge in [-0.1, -0.05) is 19.8 Å². The second-order valence-electron chi connectivity index (χ2n) is 3.42. The van der Waals surface area contributed by atoms with Crippen LogP contribution >= 0.6 is 0 Å². The Morgan fingerprint density at radius 3 is 2.47 bits per heavy atom. The number of hydrogen-bond acceptors (Lipinski definition) is 3. The van der Waals surface area contributed by atoms with E-state index in [4.69, 9.17) is 5.73 Å². The number of carbonyl (C=O) groups excluding carboxylic acids is 2. The summed E-state index contributed by atoms with van der Waals surface area (Å²) in [5, 5.41) is 5.09. The lowest BCUT2D eigenvalue weighted by atomic mass is 10.1. The monoisotopic (exact) mass is 215 g/mol. The summed E-state index contributed by atoms with van der Waals surface area (Å²) in [7, 11) is 0. The third-order valence-corrected chi connectivity index (χ3v) is 2.00. The normalized spacial score (nSPS) is 11.9. The molecule has 0 saturated heterocycles. The van der Waals surface area contributed by atoms with Crippen molar-refractivity contribution in [1.82, 2.24) is 10.6 Å². The zero-order chi connectivity index (χ0) is 11.7. The van der Waals surface area contributed by atoms with Crippen LogP contribution in [0.5, 0.6) is 0 Å². The van der Waals surface area contributed by atoms with Gasteiger partial charge < -0.3 is 16.4 Å². The highest BCUT2D eigenvalue weighted by Crippen LogP contribution is 1.97. The van der Waals surface area contributed by atoms with E-state index in [9.17, 15) is 9.59 Å². The molecule has 88 valence electrons. The maximum atomic E-state index is 11.3. The summed E-state index contributed by atoms with van der Waals surface area (Å²) < 4.78 is 0. The Morgan fingerprint density at radius 1 is 1.27 bits per heavy atom. The maximum absolute atomic E-state index is 11.3. The Bertz CT molecular complexity index is 207. The SMILES string of the molecule is CCCCC(N)C(=O)NCC(=O)NCC. The van der Waals surface area contributed by atoms with Crippen LogP contribution in [-0.4, -0.2) is 30.9 Å². The van der Waals surface area contributed by atoms with Gasteiger partial charge in [0.25, 0.3) is 0 Å². The fourth-order valence-electron chi connectivity index (χ4n) is 1.11. The standard InChI is InChI=1S/C10H21N3O2/c1-3-5-6-8(11)10(15)13-7-9(14)12-4-2/h8H,3-7,11H2,1-2H3,(H,12,14)(H,13,15). The smallest absolute Gasteiger partial charge is 0.239 e. The molecule has 0 aromatic rings. The van der Waals surface area contributed by atoms with E-state index in [1.165, 1.54) is 0 Å². The van der Waals surface area contributed by atoms with Gasteiger partial charge in [-0.2, -0.15) is 0 Å². The molecule has 0 bridgehead atoms. The molecule has 0 aliphatic heterocycles. The quantitative estimate of drug-likeness (QED) is 0.548. The molecule has 0 fully saturated rings. The van der Waals surface area contributed by atoms with Crippen LogP contribution in [0.2, 0.25) is 0 Å². The van der Waals surface area contributed by atoms with E-state index in [1.54, 1.807) is 0 Å². The van der Waals surface area contributed by atoms with Gasteiger partial charge in [0.05, 0.1) is 12.6 Å². The minimum atomic E-state index is -0.501. The van der Waals surface area contributed by atoms with Crippen molar-refractivity contribution in [2.45, 2.75) is 39.2 Å². The van der Waals surface area contributed by atoms with Crippen molar-refractivity contribution in [2.75, 3.05) is 13.1 Å². The average Bonchev–Trinajstić information content (AvgIpc) is 2.22. The highest BCUT2D eigenvalue weighted by atomic mass is 16.2. The molecule has 0 saturated carbocycles. The molecule has 0 aliphatic carbocycles. The fraction of sp³-hybridized carbons (Fsp3) is 0.800. The van der Waals surface area contributed by atoms with Gasteiger partial charge in [0.1, 0.15) is 0 Å². The van der Waals surface area contributed by atoms with Crippen molar-refractivity contribution in [3.8, 4) is 0 Å². The second-order valence-corrected chi connectivity index (χ2v) is 3.42. The van der Waals surface area contributed by atoms with E-state index >= 15 is 0 Å². The third-order valence-electron chi connectivity index (χ3n) is 2.00. The van der Waals surface area contributed by atoms with Crippen molar-refractivity contribution in [1.29, 1.82) is 0 Å². The molecular formula is C10H21N3O2. The summed E-state index contributed by atoms with van der Waals surface area (Å²) in [4.78, 5) is 22.4. The van der Waals surface area contributed by atoms with Gasteiger partial charge in [0.2, 0.25) is 11.8 Å². The summed E-state index contributed by atoms with van der Waals surface area (Å²) in [5.41, 5.74) is 5.62. The van der Waals surface area contributed by atoms with Crippen LogP contribution in [-0.2, 0) is 9.59 Å². The van der Waals surface area contributed by atoms with E-state index in [0.29, 0.717) is 13.0 Å². The Labute approximate surface area is 90.8 Å². The van der Waals surface area contributed by atoms with Crippen molar-refractivity contribution in [3.05, 3.63) is 0 Å². The van der Waals surface area contributed by atoms with E-state index < -0.39 is 6.04 Å². The van der Waals surface area contributed by atoms with Crippen LogP contribution in [0.25, 0.3) is 0 Å². The number of amides is 2. The molecule has 1 unspecified atom stereocenters. The van der Waals surface area contributed by atoms with Crippen LogP contribution < -0.4 is 16.4 Å². The maximum Gasteiger partial charge on any atom is 0.239 e. The number of nitrogens with two attached hydrogens (primary N) is 1. The molecule has 0 spiro atoms. The molecule has 0 radical (unpaired) electrons. The number of rotatable bonds is 7. The summed E-state index contributed by atoms with van der Waals surface area (Å²) in [6, 6.07) is -0.501. The lowest BCUT2D eigenvalue weighted by Gasteiger charge is -2.11. The molecule has 15 heavy (non-hydrogen) atoms. The summed E-state index contributed by atoms with van der Waals surface area (Å²) in [6.45, 7) is 4.44. The number of likely N-dealkylation sites (N-methyl/N-ethyl adjacent to an activating group) is 1. The molecule has 5 heteroatoms.